The van der Waals surface area contributed by atoms with Gasteiger partial charge in [0.25, 0.3) is 0 Å². The van der Waals surface area contributed by atoms with Gasteiger partial charge >= 0.3 is 21.1 Å². The molecule has 0 N–H and O–H groups in total. The van der Waals surface area contributed by atoms with Crippen molar-refractivity contribution in [2.24, 2.45) is 0 Å². The van der Waals surface area contributed by atoms with Crippen LogP contribution in [0.4, 0.5) is 0 Å². The molecule has 0 aliphatic heterocycles. The summed E-state index contributed by atoms with van der Waals surface area (Å²) in [7, 11) is -0.618. The van der Waals surface area contributed by atoms with Crippen LogP contribution in [0.25, 0.3) is 0 Å². The predicted octanol–water partition coefficient (Wildman–Crippen LogP) is 8.43. The molecule has 0 fully saturated rings. The van der Waals surface area contributed by atoms with E-state index in [1.165, 1.54) is 40.0 Å². The van der Waals surface area contributed by atoms with Gasteiger partial charge in [-0.05, 0) is 55.8 Å². The Morgan fingerprint density at radius 2 is 0.684 bits per heavy atom. The van der Waals surface area contributed by atoms with Crippen LogP contribution >= 0.6 is 15.8 Å². The average molecular weight is 718 g/mol. The van der Waals surface area contributed by atoms with Gasteiger partial charge in [-0.3, -0.25) is 0 Å². The fourth-order valence-electron chi connectivity index (χ4n) is 3.63. The third kappa shape index (κ3) is 12.5. The minimum atomic E-state index is -0.309. The van der Waals surface area contributed by atoms with Crippen LogP contribution in [0.2, 0.25) is 0 Å². The van der Waals surface area contributed by atoms with E-state index in [1.54, 1.807) is 12.2 Å². The van der Waals surface area contributed by atoms with Gasteiger partial charge in [0.05, 0.1) is 0 Å². The molecule has 0 spiro atoms. The van der Waals surface area contributed by atoms with Crippen LogP contribution in [0.5, 0.6) is 0 Å². The summed E-state index contributed by atoms with van der Waals surface area (Å²) in [5.41, 5.74) is 0. The van der Waals surface area contributed by atoms with Crippen LogP contribution < -0.4 is 21.2 Å². The Balaban J connectivity index is 0.000000709. The van der Waals surface area contributed by atoms with Crippen LogP contribution in [-0.2, 0) is 21.1 Å². The average Bonchev–Trinajstić information content (AvgIpc) is 2.99. The molecular weight excluding hydrogens is 677 g/mol. The first-order valence-electron chi connectivity index (χ1n) is 12.8. The van der Waals surface area contributed by atoms with E-state index < -0.39 is 0 Å². The topological polar surface area (TPSA) is 0 Å². The molecule has 4 aromatic carbocycles. The number of rotatable bonds is 8. The number of allylic oxidation sites excluding steroid dienone is 4. The van der Waals surface area contributed by atoms with Crippen molar-refractivity contribution >= 4 is 37.1 Å². The molecule has 0 heterocycles. The molecule has 0 aromatic heterocycles. The van der Waals surface area contributed by atoms with Gasteiger partial charge in [0.2, 0.25) is 0 Å². The Labute approximate surface area is 249 Å². The van der Waals surface area contributed by atoms with Gasteiger partial charge in [0, 0.05) is 0 Å². The molecule has 0 amide bonds. The molecule has 38 heavy (non-hydrogen) atoms. The van der Waals surface area contributed by atoms with Gasteiger partial charge in [0.1, 0.15) is 0 Å². The van der Waals surface area contributed by atoms with E-state index in [9.17, 15) is 0 Å². The Morgan fingerprint density at radius 3 is 0.868 bits per heavy atom. The molecule has 0 aliphatic carbocycles. The molecule has 0 atom stereocenters. The maximum atomic E-state index is 3.42. The van der Waals surface area contributed by atoms with Crippen LogP contribution in [0, 0.1) is 13.8 Å². The molecule has 0 saturated carbocycles. The van der Waals surface area contributed by atoms with Crippen LogP contribution in [0.1, 0.15) is 20.3 Å². The fraction of sp³-hybridized carbons (Fsp3) is 0.143. The van der Waals surface area contributed by atoms with E-state index in [0.717, 1.165) is 0 Å². The maximum absolute atomic E-state index is 3.42. The number of hydrogen-bond acceptors (Lipinski definition) is 0. The van der Waals surface area contributed by atoms with Crippen LogP contribution in [-0.4, -0.2) is 12.3 Å². The van der Waals surface area contributed by atoms with Gasteiger partial charge < -0.3 is 0 Å². The second-order valence-electron chi connectivity index (χ2n) is 8.14. The summed E-state index contributed by atoms with van der Waals surface area (Å²) in [6, 6.07) is 44.3. The first kappa shape index (κ1) is 33.7. The zero-order valence-electron chi connectivity index (χ0n) is 22.6. The molecule has 4 aromatic rings. The van der Waals surface area contributed by atoms with Crippen molar-refractivity contribution in [3.8, 4) is 0 Å². The molecule has 0 saturated heterocycles. The molecule has 0 nitrogen and oxygen atoms in total. The molecule has 4 rings (SSSR count). The second kappa shape index (κ2) is 21.6. The minimum Gasteiger partial charge on any atom is -0.245 e. The Hall–Kier alpha value is -2.35. The minimum absolute atomic E-state index is 0. The fourth-order valence-corrected chi connectivity index (χ4v) is 8.59. The van der Waals surface area contributed by atoms with Gasteiger partial charge in [-0.15, -0.1) is 13.8 Å². The van der Waals surface area contributed by atoms with E-state index in [4.69, 9.17) is 0 Å². The maximum Gasteiger partial charge on any atom is 2.00 e. The predicted molar refractivity (Wildman–Crippen MR) is 173 cm³/mol. The standard InChI is InChI=1S/C27H26P2.2C4H7.Pt/c1-5-14-24(15-6-1)28(25-16-7-2-8-17-25)22-13-23-29(26-18-9-3-10-19-26)27-20-11-4-12-21-27;2*1-3-4-2;/h1-12,14-21H,13,22-23H2;2*3-4H,1H2,2H3;/q;2*-1;+2/b;2*4-3-;. The molecule has 0 bridgehead atoms. The third-order valence-corrected chi connectivity index (χ3v) is 10.7. The molecule has 3 heteroatoms. The zero-order chi connectivity index (χ0) is 26.6. The van der Waals surface area contributed by atoms with Gasteiger partial charge in [-0.1, -0.05) is 121 Å². The van der Waals surface area contributed by atoms with Crippen molar-refractivity contribution < 1.29 is 21.1 Å². The van der Waals surface area contributed by atoms with Crippen molar-refractivity contribution in [1.29, 1.82) is 0 Å². The largest absolute Gasteiger partial charge is 2.00 e. The SMILES string of the molecule is [CH2-]/C=C\C.[CH2-]/C=C\C.[Pt+2].c1ccc(P(CCCP(c2ccccc2)c2ccccc2)c2ccccc2)cc1. The van der Waals surface area contributed by atoms with E-state index in [1.807, 2.05) is 26.0 Å². The van der Waals surface area contributed by atoms with Gasteiger partial charge in [0.15, 0.2) is 0 Å². The summed E-state index contributed by atoms with van der Waals surface area (Å²) in [4.78, 5) is 0. The normalized spacial score (nSPS) is 10.4. The quantitative estimate of drug-likeness (QED) is 0.127. The Bertz CT molecular complexity index is 948. The summed E-state index contributed by atoms with van der Waals surface area (Å²) in [5, 5.41) is 5.94. The molecule has 0 radical (unpaired) electrons. The Kier molecular flexibility index (Phi) is 19.1. The van der Waals surface area contributed by atoms with E-state index in [2.05, 4.69) is 135 Å². The first-order valence-corrected chi connectivity index (χ1v) is 15.9. The first-order chi connectivity index (χ1) is 18.2. The van der Waals surface area contributed by atoms with E-state index in [0.29, 0.717) is 0 Å². The molecule has 0 unspecified atom stereocenters. The number of hydrogen-bond donors (Lipinski definition) is 0. The summed E-state index contributed by atoms with van der Waals surface area (Å²) in [6.07, 6.45) is 11.0. The Morgan fingerprint density at radius 1 is 0.474 bits per heavy atom. The van der Waals surface area contributed by atoms with Crippen molar-refractivity contribution in [2.45, 2.75) is 20.3 Å². The smallest absolute Gasteiger partial charge is 0.245 e. The zero-order valence-corrected chi connectivity index (χ0v) is 26.7. The van der Waals surface area contributed by atoms with Crippen molar-refractivity contribution in [2.75, 3.05) is 12.3 Å². The van der Waals surface area contributed by atoms with Crippen molar-refractivity contribution in [3.63, 3.8) is 0 Å². The summed E-state index contributed by atoms with van der Waals surface area (Å²) >= 11 is 0. The molecular formula is C35H40P2Pt. The van der Waals surface area contributed by atoms with E-state index >= 15 is 0 Å². The summed E-state index contributed by atoms with van der Waals surface area (Å²) in [6.45, 7) is 10.7. The van der Waals surface area contributed by atoms with Crippen molar-refractivity contribution in [1.82, 2.24) is 0 Å². The van der Waals surface area contributed by atoms with Crippen LogP contribution in [0.15, 0.2) is 146 Å². The van der Waals surface area contributed by atoms with Gasteiger partial charge in [-0.25, -0.2) is 38.2 Å². The number of benzene rings is 4. The second-order valence-corrected chi connectivity index (χ2v) is 12.8. The third-order valence-electron chi connectivity index (χ3n) is 5.51. The van der Waals surface area contributed by atoms with Gasteiger partial charge in [-0.2, -0.15) is 0 Å². The van der Waals surface area contributed by atoms with Crippen LogP contribution in [0.3, 0.4) is 0 Å². The molecule has 200 valence electrons. The van der Waals surface area contributed by atoms with Crippen molar-refractivity contribution in [3.05, 3.63) is 159 Å². The summed E-state index contributed by atoms with van der Waals surface area (Å²) < 4.78 is 0. The van der Waals surface area contributed by atoms with E-state index in [-0.39, 0.29) is 36.9 Å². The summed E-state index contributed by atoms with van der Waals surface area (Å²) in [5.74, 6) is 0. The monoisotopic (exact) mass is 717 g/mol. The molecule has 0 aliphatic rings.